The van der Waals surface area contributed by atoms with Crippen LogP contribution >= 0.6 is 0 Å². The van der Waals surface area contributed by atoms with Gasteiger partial charge in [-0.3, -0.25) is 0 Å². The van der Waals surface area contributed by atoms with Gasteiger partial charge in [-0.25, -0.2) is 0 Å². The molecule has 0 radical (unpaired) electrons. The molecule has 0 heterocycles. The minimum absolute atomic E-state index is 0. The van der Waals surface area contributed by atoms with Gasteiger partial charge in [0.25, 0.3) is 0 Å². The van der Waals surface area contributed by atoms with Crippen molar-refractivity contribution in [2.75, 3.05) is 0 Å². The monoisotopic (exact) mass is 357 g/mol. The molecule has 0 atom stereocenters. The predicted octanol–water partition coefficient (Wildman–Crippen LogP) is 0.739. The standard InChI is InChI=1S/2C7H7.HI.Ti/c2*1-7-5-3-2-4-6-7;;/h2*2-6H,1H2;1H;/q2*-1;;+2/p-1. The van der Waals surface area contributed by atoms with E-state index in [9.17, 15) is 0 Å². The van der Waals surface area contributed by atoms with Crippen LogP contribution in [0.4, 0.5) is 0 Å². The summed E-state index contributed by atoms with van der Waals surface area (Å²) in [6.45, 7) is 7.44. The number of hydrogen-bond donors (Lipinski definition) is 0. The molecule has 0 amide bonds. The zero-order valence-electron chi connectivity index (χ0n) is 9.07. The van der Waals surface area contributed by atoms with Crippen molar-refractivity contribution in [3.8, 4) is 0 Å². The normalized spacial score (nSPS) is 7.50. The molecule has 0 unspecified atom stereocenters. The Balaban J connectivity index is 0. The second-order valence-corrected chi connectivity index (χ2v) is 2.97. The minimum Gasteiger partial charge on any atom is -1.00 e. The zero-order chi connectivity index (χ0) is 10.2. The third kappa shape index (κ3) is 8.89. The van der Waals surface area contributed by atoms with E-state index in [2.05, 4.69) is 13.8 Å². The van der Waals surface area contributed by atoms with Crippen molar-refractivity contribution in [3.05, 3.63) is 85.6 Å². The molecule has 2 heteroatoms. The number of rotatable bonds is 0. The predicted molar refractivity (Wildman–Crippen MR) is 61.8 cm³/mol. The number of hydrogen-bond acceptors (Lipinski definition) is 0. The van der Waals surface area contributed by atoms with Crippen LogP contribution in [0.1, 0.15) is 11.1 Å². The molecule has 0 saturated heterocycles. The van der Waals surface area contributed by atoms with Gasteiger partial charge in [-0.15, -0.1) is 24.3 Å². The fourth-order valence-corrected chi connectivity index (χ4v) is 0.956. The fourth-order valence-electron chi connectivity index (χ4n) is 0.956. The van der Waals surface area contributed by atoms with E-state index in [0.717, 1.165) is 11.1 Å². The van der Waals surface area contributed by atoms with Crippen molar-refractivity contribution < 1.29 is 45.7 Å². The first-order valence-electron chi connectivity index (χ1n) is 4.53. The van der Waals surface area contributed by atoms with E-state index < -0.39 is 0 Å². The molecule has 0 nitrogen and oxygen atoms in total. The van der Waals surface area contributed by atoms with Crippen LogP contribution in [0.2, 0.25) is 0 Å². The molecule has 0 fully saturated rings. The summed E-state index contributed by atoms with van der Waals surface area (Å²) in [4.78, 5) is 0. The Labute approximate surface area is 130 Å². The molecule has 2 aromatic carbocycles. The Morgan fingerprint density at radius 1 is 0.562 bits per heavy atom. The van der Waals surface area contributed by atoms with Gasteiger partial charge in [-0.05, 0) is 0 Å². The van der Waals surface area contributed by atoms with Crippen LogP contribution in [0.15, 0.2) is 60.7 Å². The van der Waals surface area contributed by atoms with Gasteiger partial charge in [0.1, 0.15) is 0 Å². The Morgan fingerprint density at radius 2 is 0.812 bits per heavy atom. The average Bonchev–Trinajstić information content (AvgIpc) is 2.21. The minimum atomic E-state index is 0. The Hall–Kier alpha value is -0.376. The molecule has 0 spiro atoms. The van der Waals surface area contributed by atoms with E-state index in [1.807, 2.05) is 60.7 Å². The molecule has 82 valence electrons. The Morgan fingerprint density at radius 3 is 0.938 bits per heavy atom. The van der Waals surface area contributed by atoms with Crippen molar-refractivity contribution in [2.45, 2.75) is 0 Å². The second kappa shape index (κ2) is 11.1. The van der Waals surface area contributed by atoms with E-state index in [0.29, 0.717) is 0 Å². The largest absolute Gasteiger partial charge is 2.00 e. The van der Waals surface area contributed by atoms with Gasteiger partial charge < -0.3 is 24.0 Å². The summed E-state index contributed by atoms with van der Waals surface area (Å²) in [7, 11) is 0. The number of benzene rings is 2. The molecule has 0 aliphatic carbocycles. The van der Waals surface area contributed by atoms with Crippen LogP contribution in [-0.2, 0) is 21.7 Å². The topological polar surface area (TPSA) is 0 Å². The average molecular weight is 357 g/mol. The molecule has 0 N–H and O–H groups in total. The van der Waals surface area contributed by atoms with Crippen molar-refractivity contribution in [1.82, 2.24) is 0 Å². The van der Waals surface area contributed by atoms with Gasteiger partial charge >= 0.3 is 21.7 Å². The van der Waals surface area contributed by atoms with Crippen LogP contribution in [0.25, 0.3) is 0 Å². The van der Waals surface area contributed by atoms with Crippen molar-refractivity contribution in [1.29, 1.82) is 0 Å². The molecule has 0 bridgehead atoms. The molecular formula is C14H14ITi-. The molecule has 0 aliphatic heterocycles. The van der Waals surface area contributed by atoms with E-state index in [1.54, 1.807) is 0 Å². The van der Waals surface area contributed by atoms with E-state index >= 15 is 0 Å². The smallest absolute Gasteiger partial charge is 1.00 e. The third-order valence-corrected chi connectivity index (χ3v) is 1.69. The van der Waals surface area contributed by atoms with Crippen LogP contribution in [0, 0.1) is 13.8 Å². The fraction of sp³-hybridized carbons (Fsp3) is 0. The van der Waals surface area contributed by atoms with Gasteiger partial charge in [0.2, 0.25) is 0 Å². The van der Waals surface area contributed by atoms with Crippen molar-refractivity contribution >= 4 is 0 Å². The molecule has 16 heavy (non-hydrogen) atoms. The molecular weight excluding hydrogens is 343 g/mol. The summed E-state index contributed by atoms with van der Waals surface area (Å²) < 4.78 is 0. The first-order chi connectivity index (χ1) is 6.79. The van der Waals surface area contributed by atoms with E-state index in [-0.39, 0.29) is 45.7 Å². The number of halogens is 1. The van der Waals surface area contributed by atoms with Gasteiger partial charge in [-0.1, -0.05) is 12.1 Å². The molecule has 0 aliphatic rings. The summed E-state index contributed by atoms with van der Waals surface area (Å²) in [6, 6.07) is 19.7. The maximum atomic E-state index is 3.72. The van der Waals surface area contributed by atoms with Crippen LogP contribution in [0.3, 0.4) is 0 Å². The summed E-state index contributed by atoms with van der Waals surface area (Å²) >= 11 is 0. The van der Waals surface area contributed by atoms with Crippen molar-refractivity contribution in [3.63, 3.8) is 0 Å². The SMILES string of the molecule is [CH2-]c1ccccc1.[CH2-]c1ccccc1.[I-].[Ti+2]. The van der Waals surface area contributed by atoms with E-state index in [1.165, 1.54) is 0 Å². The first-order valence-corrected chi connectivity index (χ1v) is 4.53. The zero-order valence-corrected chi connectivity index (χ0v) is 12.8. The molecule has 0 saturated carbocycles. The van der Waals surface area contributed by atoms with E-state index in [4.69, 9.17) is 0 Å². The van der Waals surface area contributed by atoms with Crippen LogP contribution in [0.5, 0.6) is 0 Å². The summed E-state index contributed by atoms with van der Waals surface area (Å²) in [6.07, 6.45) is 0. The Bertz CT molecular complexity index is 308. The summed E-state index contributed by atoms with van der Waals surface area (Å²) in [5.74, 6) is 0. The van der Waals surface area contributed by atoms with Crippen LogP contribution in [-0.4, -0.2) is 0 Å². The maximum absolute atomic E-state index is 3.72. The van der Waals surface area contributed by atoms with Crippen molar-refractivity contribution in [2.24, 2.45) is 0 Å². The third-order valence-electron chi connectivity index (χ3n) is 1.69. The van der Waals surface area contributed by atoms with Gasteiger partial charge in [0, 0.05) is 0 Å². The maximum Gasteiger partial charge on any atom is 2.00 e. The molecule has 2 aromatic rings. The molecule has 0 aromatic heterocycles. The van der Waals surface area contributed by atoms with Crippen LogP contribution < -0.4 is 24.0 Å². The van der Waals surface area contributed by atoms with Gasteiger partial charge in [0.05, 0.1) is 0 Å². The second-order valence-electron chi connectivity index (χ2n) is 2.97. The van der Waals surface area contributed by atoms with Gasteiger partial charge in [-0.2, -0.15) is 49.2 Å². The molecule has 2 rings (SSSR count). The van der Waals surface area contributed by atoms with Gasteiger partial charge in [0.15, 0.2) is 0 Å². The first kappa shape index (κ1) is 18.0. The Kier molecular flexibility index (Phi) is 12.5. The quantitative estimate of drug-likeness (QED) is 0.371. The summed E-state index contributed by atoms with van der Waals surface area (Å²) in [5.41, 5.74) is 2.14. The summed E-state index contributed by atoms with van der Waals surface area (Å²) in [5, 5.41) is 0.